The van der Waals surface area contributed by atoms with Gasteiger partial charge >= 0.3 is 0 Å². The van der Waals surface area contributed by atoms with Crippen LogP contribution in [0.25, 0.3) is 0 Å². The molecule has 0 aromatic carbocycles. The van der Waals surface area contributed by atoms with Crippen LogP contribution in [0.15, 0.2) is 0 Å². The van der Waals surface area contributed by atoms with E-state index in [1.807, 2.05) is 13.8 Å². The van der Waals surface area contributed by atoms with E-state index in [1.54, 1.807) is 4.90 Å². The van der Waals surface area contributed by atoms with Crippen molar-refractivity contribution in [3.05, 3.63) is 0 Å². The number of nitrogens with one attached hydrogen (secondary N) is 1. The molecule has 0 aromatic rings. The minimum Gasteiger partial charge on any atom is -0.338 e. The molecule has 6 heteroatoms. The molecule has 0 radical (unpaired) electrons. The number of rotatable bonds is 3. The Balaban J connectivity index is 2.12. The first-order valence-corrected chi connectivity index (χ1v) is 8.42. The molecule has 0 spiro atoms. The van der Waals surface area contributed by atoms with Crippen LogP contribution in [0.2, 0.25) is 0 Å². The van der Waals surface area contributed by atoms with Crippen LogP contribution < -0.4 is 5.32 Å². The van der Waals surface area contributed by atoms with Crippen molar-refractivity contribution < 1.29 is 13.2 Å². The molecule has 1 amide bonds. The summed E-state index contributed by atoms with van der Waals surface area (Å²) >= 11 is 0. The van der Waals surface area contributed by atoms with Gasteiger partial charge in [-0.05, 0) is 33.2 Å². The Morgan fingerprint density at radius 1 is 1.50 bits per heavy atom. The normalized spacial score (nSPS) is 34.7. The molecule has 18 heavy (non-hydrogen) atoms. The van der Waals surface area contributed by atoms with E-state index in [0.717, 1.165) is 13.0 Å². The Morgan fingerprint density at radius 2 is 2.22 bits per heavy atom. The Kier molecular flexibility index (Phi) is 3.69. The lowest BCUT2D eigenvalue weighted by Gasteiger charge is -2.34. The van der Waals surface area contributed by atoms with Gasteiger partial charge in [0.15, 0.2) is 9.84 Å². The number of hydrogen-bond acceptors (Lipinski definition) is 4. The van der Waals surface area contributed by atoms with Crippen LogP contribution in [0.4, 0.5) is 0 Å². The smallest absolute Gasteiger partial charge is 0.230 e. The maximum atomic E-state index is 12.6. The van der Waals surface area contributed by atoms with Crippen LogP contribution in [-0.2, 0) is 14.6 Å². The molecule has 2 unspecified atom stereocenters. The van der Waals surface area contributed by atoms with Gasteiger partial charge in [0.25, 0.3) is 0 Å². The molecule has 104 valence electrons. The zero-order chi connectivity index (χ0) is 13.4. The molecule has 2 heterocycles. The van der Waals surface area contributed by atoms with Crippen molar-refractivity contribution >= 4 is 15.7 Å². The van der Waals surface area contributed by atoms with Crippen LogP contribution in [-0.4, -0.2) is 56.4 Å². The topological polar surface area (TPSA) is 66.5 Å². The highest BCUT2D eigenvalue weighted by atomic mass is 32.2. The lowest BCUT2D eigenvalue weighted by molar-refractivity contribution is -0.142. The predicted molar refractivity (Wildman–Crippen MR) is 70.0 cm³/mol. The Labute approximate surface area is 109 Å². The molecule has 2 aliphatic heterocycles. The number of amides is 1. The third-order valence-corrected chi connectivity index (χ3v) is 5.89. The molecule has 2 fully saturated rings. The fourth-order valence-electron chi connectivity index (χ4n) is 2.94. The predicted octanol–water partition coefficient (Wildman–Crippen LogP) is 0.0216. The van der Waals surface area contributed by atoms with Crippen molar-refractivity contribution in [1.82, 2.24) is 10.2 Å². The van der Waals surface area contributed by atoms with Crippen molar-refractivity contribution in [2.75, 3.05) is 31.1 Å². The third-order valence-electron chi connectivity index (χ3n) is 4.14. The maximum Gasteiger partial charge on any atom is 0.230 e. The summed E-state index contributed by atoms with van der Waals surface area (Å²) in [4.78, 5) is 14.4. The van der Waals surface area contributed by atoms with Gasteiger partial charge in [0, 0.05) is 19.1 Å². The van der Waals surface area contributed by atoms with Gasteiger partial charge < -0.3 is 10.2 Å². The third kappa shape index (κ3) is 2.54. The van der Waals surface area contributed by atoms with Gasteiger partial charge in [-0.15, -0.1) is 0 Å². The Hall–Kier alpha value is -0.620. The van der Waals surface area contributed by atoms with Gasteiger partial charge in [0.2, 0.25) is 5.91 Å². The van der Waals surface area contributed by atoms with Gasteiger partial charge in [-0.1, -0.05) is 0 Å². The molecule has 0 aromatic heterocycles. The summed E-state index contributed by atoms with van der Waals surface area (Å²) in [6.07, 6.45) is 1.42. The average molecular weight is 274 g/mol. The molecule has 2 saturated heterocycles. The summed E-state index contributed by atoms with van der Waals surface area (Å²) in [5.74, 6) is 0.462. The molecule has 2 atom stereocenters. The van der Waals surface area contributed by atoms with E-state index < -0.39 is 9.84 Å². The first-order chi connectivity index (χ1) is 8.38. The highest BCUT2D eigenvalue weighted by Crippen LogP contribution is 2.30. The molecule has 0 bridgehead atoms. The number of carbonyl (C=O) groups excluding carboxylic acids is 1. The van der Waals surface area contributed by atoms with Crippen LogP contribution in [0.1, 0.15) is 26.7 Å². The lowest BCUT2D eigenvalue weighted by atomic mass is 9.87. The van der Waals surface area contributed by atoms with Gasteiger partial charge in [-0.25, -0.2) is 8.42 Å². The van der Waals surface area contributed by atoms with E-state index in [1.165, 1.54) is 0 Å². The second-order valence-corrected chi connectivity index (χ2v) is 7.86. The van der Waals surface area contributed by atoms with Crippen molar-refractivity contribution in [2.45, 2.75) is 32.7 Å². The van der Waals surface area contributed by atoms with Gasteiger partial charge in [0.1, 0.15) is 0 Å². The standard InChI is InChI=1S/C12H22N2O3S/c1-3-14(10-4-7-18(16,17)8-10)11(15)12(2)5-6-13-9-12/h10,13H,3-9H2,1-2H3. The highest BCUT2D eigenvalue weighted by molar-refractivity contribution is 7.91. The van der Waals surface area contributed by atoms with Crippen molar-refractivity contribution in [3.8, 4) is 0 Å². The zero-order valence-corrected chi connectivity index (χ0v) is 11.9. The Bertz CT molecular complexity index is 427. The molecule has 2 aliphatic rings. The first-order valence-electron chi connectivity index (χ1n) is 6.60. The fourth-order valence-corrected chi connectivity index (χ4v) is 4.67. The monoisotopic (exact) mass is 274 g/mol. The largest absolute Gasteiger partial charge is 0.338 e. The molecule has 1 N–H and O–H groups in total. The van der Waals surface area contributed by atoms with E-state index in [0.29, 0.717) is 19.5 Å². The van der Waals surface area contributed by atoms with Crippen LogP contribution in [0.5, 0.6) is 0 Å². The van der Waals surface area contributed by atoms with E-state index >= 15 is 0 Å². The molecular formula is C12H22N2O3S. The van der Waals surface area contributed by atoms with Gasteiger partial charge in [-0.2, -0.15) is 0 Å². The Morgan fingerprint density at radius 3 is 2.67 bits per heavy atom. The summed E-state index contributed by atoms with van der Waals surface area (Å²) in [7, 11) is -2.94. The number of carbonyl (C=O) groups is 1. The summed E-state index contributed by atoms with van der Waals surface area (Å²) < 4.78 is 23.1. The number of nitrogens with zero attached hydrogens (tertiary/aromatic N) is 1. The molecule has 2 rings (SSSR count). The second-order valence-electron chi connectivity index (χ2n) is 5.64. The average Bonchev–Trinajstić information content (AvgIpc) is 2.87. The van der Waals surface area contributed by atoms with Crippen LogP contribution in [0.3, 0.4) is 0 Å². The minimum absolute atomic E-state index is 0.108. The summed E-state index contributed by atoms with van der Waals surface area (Å²) in [6, 6.07) is -0.120. The minimum atomic E-state index is -2.94. The van der Waals surface area contributed by atoms with Crippen molar-refractivity contribution in [2.24, 2.45) is 5.41 Å². The SMILES string of the molecule is CCN(C(=O)C1(C)CCNC1)C1CCS(=O)(=O)C1. The first kappa shape index (κ1) is 13.8. The van der Waals surface area contributed by atoms with Crippen LogP contribution >= 0.6 is 0 Å². The second kappa shape index (κ2) is 4.81. The van der Waals surface area contributed by atoms with Gasteiger partial charge in [-0.3, -0.25) is 4.79 Å². The molecule has 0 aliphatic carbocycles. The summed E-state index contributed by atoms with van der Waals surface area (Å²) in [6.45, 7) is 6.05. The lowest BCUT2D eigenvalue weighted by Crippen LogP contribution is -2.49. The van der Waals surface area contributed by atoms with Crippen LogP contribution in [0, 0.1) is 5.41 Å². The van der Waals surface area contributed by atoms with Gasteiger partial charge in [0.05, 0.1) is 16.9 Å². The molecular weight excluding hydrogens is 252 g/mol. The quantitative estimate of drug-likeness (QED) is 0.788. The van der Waals surface area contributed by atoms with Crippen molar-refractivity contribution in [1.29, 1.82) is 0 Å². The summed E-state index contributed by atoms with van der Waals surface area (Å²) in [5.41, 5.74) is -0.359. The number of sulfone groups is 1. The van der Waals surface area contributed by atoms with E-state index in [9.17, 15) is 13.2 Å². The zero-order valence-electron chi connectivity index (χ0n) is 11.1. The number of hydrogen-bond donors (Lipinski definition) is 1. The van der Waals surface area contributed by atoms with E-state index in [-0.39, 0.29) is 28.9 Å². The fraction of sp³-hybridized carbons (Fsp3) is 0.917. The molecule has 0 saturated carbocycles. The van der Waals surface area contributed by atoms with E-state index in [2.05, 4.69) is 5.32 Å². The van der Waals surface area contributed by atoms with Crippen molar-refractivity contribution in [3.63, 3.8) is 0 Å². The molecule has 5 nitrogen and oxygen atoms in total. The van der Waals surface area contributed by atoms with E-state index in [4.69, 9.17) is 0 Å². The maximum absolute atomic E-state index is 12.6. The summed E-state index contributed by atoms with van der Waals surface area (Å²) in [5, 5.41) is 3.21. The highest BCUT2D eigenvalue weighted by Gasteiger charge is 2.43.